The van der Waals surface area contributed by atoms with E-state index in [2.05, 4.69) is 23.4 Å². The van der Waals surface area contributed by atoms with E-state index in [0.717, 1.165) is 25.1 Å². The van der Waals surface area contributed by atoms with E-state index in [9.17, 15) is 0 Å². The van der Waals surface area contributed by atoms with Crippen molar-refractivity contribution < 1.29 is 4.74 Å². The minimum Gasteiger partial charge on any atom is -0.378 e. The van der Waals surface area contributed by atoms with Crippen LogP contribution in [-0.2, 0) is 4.74 Å². The molecule has 1 fully saturated rings. The fourth-order valence-corrected chi connectivity index (χ4v) is 2.36. The largest absolute Gasteiger partial charge is 0.378 e. The summed E-state index contributed by atoms with van der Waals surface area (Å²) in [7, 11) is 0. The number of hydrogen-bond acceptors (Lipinski definition) is 3. The first-order valence-electron chi connectivity index (χ1n) is 6.52. The molecule has 1 unspecified atom stereocenters. The van der Waals surface area contributed by atoms with Crippen molar-refractivity contribution in [3.05, 3.63) is 18.2 Å². The Morgan fingerprint density at radius 2 is 2.24 bits per heavy atom. The fourth-order valence-electron chi connectivity index (χ4n) is 2.36. The molecule has 1 heterocycles. The number of nitrogens with two attached hydrogens (primary N) is 1. The van der Waals surface area contributed by atoms with Crippen molar-refractivity contribution >= 4 is 0 Å². The molecule has 1 aromatic rings. The molecule has 1 aliphatic carbocycles. The third-order valence-electron chi connectivity index (χ3n) is 3.62. The summed E-state index contributed by atoms with van der Waals surface area (Å²) in [5, 5.41) is 0. The van der Waals surface area contributed by atoms with E-state index >= 15 is 0 Å². The molecule has 2 N–H and O–H groups in total. The smallest absolute Gasteiger partial charge is 0.0951 e. The highest BCUT2D eigenvalue weighted by Gasteiger charge is 2.32. The summed E-state index contributed by atoms with van der Waals surface area (Å²) >= 11 is 0. The van der Waals surface area contributed by atoms with E-state index in [-0.39, 0.29) is 6.04 Å². The van der Waals surface area contributed by atoms with Crippen LogP contribution in [0.5, 0.6) is 0 Å². The van der Waals surface area contributed by atoms with Gasteiger partial charge in [0.1, 0.15) is 0 Å². The Hall–Kier alpha value is -0.870. The Balaban J connectivity index is 2.01. The lowest BCUT2D eigenvalue weighted by atomic mass is 9.88. The predicted octanol–water partition coefficient (Wildman–Crippen LogP) is 2.28. The van der Waals surface area contributed by atoms with E-state index in [1.165, 1.54) is 0 Å². The van der Waals surface area contributed by atoms with Gasteiger partial charge in [-0.1, -0.05) is 13.8 Å². The monoisotopic (exact) mass is 237 g/mol. The van der Waals surface area contributed by atoms with Crippen LogP contribution < -0.4 is 5.73 Å². The Kier molecular flexibility index (Phi) is 3.84. The van der Waals surface area contributed by atoms with Crippen LogP contribution >= 0.6 is 0 Å². The fraction of sp³-hybridized carbons (Fsp3) is 0.769. The quantitative estimate of drug-likeness (QED) is 0.854. The van der Waals surface area contributed by atoms with Gasteiger partial charge >= 0.3 is 0 Å². The zero-order valence-electron chi connectivity index (χ0n) is 11.0. The van der Waals surface area contributed by atoms with Crippen LogP contribution in [0.4, 0.5) is 0 Å². The maximum absolute atomic E-state index is 6.20. The van der Waals surface area contributed by atoms with Gasteiger partial charge in [-0.25, -0.2) is 4.98 Å². The van der Waals surface area contributed by atoms with Gasteiger partial charge in [-0.15, -0.1) is 0 Å². The molecule has 2 rings (SSSR count). The lowest BCUT2D eigenvalue weighted by molar-refractivity contribution is -0.0206. The Bertz CT molecular complexity index is 355. The third kappa shape index (κ3) is 2.53. The van der Waals surface area contributed by atoms with Crippen molar-refractivity contribution in [1.82, 2.24) is 9.55 Å². The van der Waals surface area contributed by atoms with Crippen LogP contribution in [0.15, 0.2) is 12.5 Å². The molecular weight excluding hydrogens is 214 g/mol. The van der Waals surface area contributed by atoms with Crippen molar-refractivity contribution in [2.75, 3.05) is 6.61 Å². The average Bonchev–Trinajstić information content (AvgIpc) is 2.69. The summed E-state index contributed by atoms with van der Waals surface area (Å²) in [5.74, 6) is 0.438. The summed E-state index contributed by atoms with van der Waals surface area (Å²) in [6.07, 6.45) is 6.41. The van der Waals surface area contributed by atoms with Crippen molar-refractivity contribution in [2.45, 2.75) is 51.8 Å². The molecule has 0 bridgehead atoms. The Morgan fingerprint density at radius 1 is 1.53 bits per heavy atom. The van der Waals surface area contributed by atoms with Crippen LogP contribution in [0.3, 0.4) is 0 Å². The molecule has 0 amide bonds. The third-order valence-corrected chi connectivity index (χ3v) is 3.62. The number of aromatic nitrogens is 2. The molecule has 4 heteroatoms. The summed E-state index contributed by atoms with van der Waals surface area (Å²) < 4.78 is 7.83. The average molecular weight is 237 g/mol. The summed E-state index contributed by atoms with van der Waals surface area (Å²) in [6.45, 7) is 7.14. The van der Waals surface area contributed by atoms with Crippen LogP contribution in [0.2, 0.25) is 0 Å². The van der Waals surface area contributed by atoms with Gasteiger partial charge in [0.15, 0.2) is 0 Å². The number of rotatable bonds is 5. The minimum absolute atomic E-state index is 0.0728. The minimum atomic E-state index is 0.0728. The van der Waals surface area contributed by atoms with Gasteiger partial charge in [0.05, 0.1) is 18.1 Å². The summed E-state index contributed by atoms with van der Waals surface area (Å²) in [5.41, 5.74) is 7.35. The Labute approximate surface area is 103 Å². The highest BCUT2D eigenvalue weighted by Crippen LogP contribution is 2.36. The van der Waals surface area contributed by atoms with Crippen molar-refractivity contribution in [2.24, 2.45) is 11.7 Å². The predicted molar refractivity (Wildman–Crippen MR) is 67.7 cm³/mol. The van der Waals surface area contributed by atoms with E-state index in [0.29, 0.717) is 18.1 Å². The van der Waals surface area contributed by atoms with Crippen molar-refractivity contribution in [1.29, 1.82) is 0 Å². The van der Waals surface area contributed by atoms with E-state index in [4.69, 9.17) is 10.5 Å². The molecule has 0 saturated heterocycles. The first kappa shape index (κ1) is 12.6. The van der Waals surface area contributed by atoms with Gasteiger partial charge in [-0.3, -0.25) is 0 Å². The van der Waals surface area contributed by atoms with Gasteiger partial charge in [0, 0.05) is 24.9 Å². The first-order valence-corrected chi connectivity index (χ1v) is 6.52. The zero-order valence-corrected chi connectivity index (χ0v) is 11.0. The summed E-state index contributed by atoms with van der Waals surface area (Å²) in [4.78, 5) is 4.24. The number of ether oxygens (including phenoxy) is 1. The molecule has 1 atom stereocenters. The van der Waals surface area contributed by atoms with Crippen molar-refractivity contribution in [3.8, 4) is 0 Å². The van der Waals surface area contributed by atoms with Crippen LogP contribution in [-0.4, -0.2) is 22.3 Å². The van der Waals surface area contributed by atoms with E-state index in [1.807, 2.05) is 19.4 Å². The van der Waals surface area contributed by atoms with E-state index in [1.54, 1.807) is 0 Å². The lowest BCUT2D eigenvalue weighted by Crippen LogP contribution is -2.35. The molecule has 17 heavy (non-hydrogen) atoms. The van der Waals surface area contributed by atoms with Crippen LogP contribution in [0.1, 0.15) is 51.4 Å². The second-order valence-electron chi connectivity index (χ2n) is 5.20. The van der Waals surface area contributed by atoms with Gasteiger partial charge in [-0.05, 0) is 25.7 Å². The van der Waals surface area contributed by atoms with Crippen LogP contribution in [0, 0.1) is 5.92 Å². The standard InChI is InChI=1S/C13H23N3O/c1-4-17-11-5-10(6-11)16-8-15-7-12(16)13(14)9(2)3/h7-11,13H,4-6,14H2,1-3H3. The molecule has 0 aliphatic heterocycles. The molecule has 0 spiro atoms. The molecule has 1 saturated carbocycles. The van der Waals surface area contributed by atoms with Gasteiger partial charge < -0.3 is 15.0 Å². The molecule has 4 nitrogen and oxygen atoms in total. The zero-order chi connectivity index (χ0) is 12.4. The lowest BCUT2D eigenvalue weighted by Gasteiger charge is -2.37. The second-order valence-corrected chi connectivity index (χ2v) is 5.20. The maximum atomic E-state index is 6.20. The van der Waals surface area contributed by atoms with E-state index < -0.39 is 0 Å². The topological polar surface area (TPSA) is 53.1 Å². The highest BCUT2D eigenvalue weighted by atomic mass is 16.5. The molecule has 1 aliphatic rings. The SMILES string of the molecule is CCOC1CC(n2cncc2C(N)C(C)C)C1. The molecule has 1 aromatic heterocycles. The maximum Gasteiger partial charge on any atom is 0.0951 e. The second kappa shape index (κ2) is 5.19. The number of imidazole rings is 1. The van der Waals surface area contributed by atoms with Gasteiger partial charge in [0.2, 0.25) is 0 Å². The summed E-state index contributed by atoms with van der Waals surface area (Å²) in [6, 6.07) is 0.595. The van der Waals surface area contributed by atoms with Crippen LogP contribution in [0.25, 0.3) is 0 Å². The number of hydrogen-bond donors (Lipinski definition) is 1. The van der Waals surface area contributed by atoms with Crippen molar-refractivity contribution in [3.63, 3.8) is 0 Å². The first-order chi connectivity index (χ1) is 8.13. The van der Waals surface area contributed by atoms with Gasteiger partial charge in [-0.2, -0.15) is 0 Å². The normalized spacial score (nSPS) is 25.9. The van der Waals surface area contributed by atoms with Gasteiger partial charge in [0.25, 0.3) is 0 Å². The highest BCUT2D eigenvalue weighted by molar-refractivity contribution is 5.08. The molecular formula is C13H23N3O. The molecule has 96 valence electrons. The molecule has 0 aromatic carbocycles. The Morgan fingerprint density at radius 3 is 2.82 bits per heavy atom. The number of nitrogens with zero attached hydrogens (tertiary/aromatic N) is 2. The molecule has 0 radical (unpaired) electrons.